The van der Waals surface area contributed by atoms with Crippen molar-refractivity contribution in [2.45, 2.75) is 121 Å². The van der Waals surface area contributed by atoms with Gasteiger partial charge in [-0.25, -0.2) is 0 Å². The average Bonchev–Trinajstić information content (AvgIpc) is 3.12. The fourth-order valence-corrected chi connectivity index (χ4v) is 7.32. The Bertz CT molecular complexity index is 300. The maximum absolute atomic E-state index is 2.80. The van der Waals surface area contributed by atoms with Crippen LogP contribution in [0.5, 0.6) is 0 Å². The van der Waals surface area contributed by atoms with E-state index in [9.17, 15) is 0 Å². The monoisotopic (exact) mass is 347 g/mol. The minimum atomic E-state index is 0.513. The summed E-state index contributed by atoms with van der Waals surface area (Å²) in [4.78, 5) is 2.80. The van der Waals surface area contributed by atoms with E-state index in [-0.39, 0.29) is 0 Å². The molecule has 0 atom stereocenters. The van der Waals surface area contributed by atoms with Crippen LogP contribution >= 0.6 is 0 Å². The predicted molar refractivity (Wildman–Crippen MR) is 110 cm³/mol. The molecule has 0 aromatic heterocycles. The lowest BCUT2D eigenvalue weighted by molar-refractivity contribution is -0.0543. The first-order valence-electron chi connectivity index (χ1n) is 11.9. The zero-order valence-corrected chi connectivity index (χ0v) is 17.4. The van der Waals surface area contributed by atoms with Crippen LogP contribution in [0.2, 0.25) is 0 Å². The molecular formula is C24H45N. The molecule has 1 nitrogen and oxygen atoms in total. The fourth-order valence-electron chi connectivity index (χ4n) is 7.32. The van der Waals surface area contributed by atoms with Crippen molar-refractivity contribution in [2.75, 3.05) is 14.1 Å². The van der Waals surface area contributed by atoms with Gasteiger partial charge in [-0.2, -0.15) is 0 Å². The summed E-state index contributed by atoms with van der Waals surface area (Å²) in [7, 11) is 4.95. The number of hydrogen-bond donors (Lipinski definition) is 0. The zero-order chi connectivity index (χ0) is 17.5. The highest BCUT2D eigenvalue weighted by Crippen LogP contribution is 2.52. The van der Waals surface area contributed by atoms with Gasteiger partial charge in [0, 0.05) is 5.54 Å². The third-order valence-electron chi connectivity index (χ3n) is 8.30. The third kappa shape index (κ3) is 4.45. The molecule has 0 saturated heterocycles. The van der Waals surface area contributed by atoms with Crippen LogP contribution in [0.15, 0.2) is 0 Å². The third-order valence-corrected chi connectivity index (χ3v) is 8.30. The van der Waals surface area contributed by atoms with Crippen LogP contribution in [0.4, 0.5) is 0 Å². The van der Waals surface area contributed by atoms with E-state index in [1.807, 2.05) is 0 Å². The van der Waals surface area contributed by atoms with E-state index >= 15 is 0 Å². The molecule has 3 rings (SSSR count). The Morgan fingerprint density at radius 3 is 0.880 bits per heavy atom. The van der Waals surface area contributed by atoms with E-state index < -0.39 is 0 Å². The summed E-state index contributed by atoms with van der Waals surface area (Å²) >= 11 is 0. The van der Waals surface area contributed by atoms with Crippen LogP contribution < -0.4 is 0 Å². The predicted octanol–water partition coefficient (Wildman–Crippen LogP) is 7.20. The van der Waals surface area contributed by atoms with E-state index in [1.54, 1.807) is 0 Å². The summed E-state index contributed by atoms with van der Waals surface area (Å²) in [5.74, 6) is 2.91. The van der Waals surface area contributed by atoms with E-state index in [0.717, 1.165) is 17.8 Å². The van der Waals surface area contributed by atoms with Crippen molar-refractivity contribution in [1.82, 2.24) is 4.90 Å². The Kier molecular flexibility index (Phi) is 7.70. The van der Waals surface area contributed by atoms with Gasteiger partial charge in [0.2, 0.25) is 0 Å². The Labute approximate surface area is 158 Å². The molecule has 3 saturated carbocycles. The summed E-state index contributed by atoms with van der Waals surface area (Å²) in [6, 6.07) is 0. The number of hydrogen-bond acceptors (Lipinski definition) is 1. The second kappa shape index (κ2) is 9.77. The first kappa shape index (κ1) is 19.7. The molecular weight excluding hydrogens is 302 g/mol. The first-order chi connectivity index (χ1) is 12.3. The molecule has 0 spiro atoms. The van der Waals surface area contributed by atoms with E-state index in [4.69, 9.17) is 0 Å². The lowest BCUT2D eigenvalue weighted by atomic mass is 9.59. The molecule has 3 fully saturated rings. The van der Waals surface area contributed by atoms with Gasteiger partial charge in [-0.15, -0.1) is 0 Å². The highest BCUT2D eigenvalue weighted by atomic mass is 15.2. The van der Waals surface area contributed by atoms with Crippen LogP contribution in [0, 0.1) is 17.8 Å². The molecule has 0 bridgehead atoms. The molecule has 0 unspecified atom stereocenters. The van der Waals surface area contributed by atoms with Crippen molar-refractivity contribution in [3.05, 3.63) is 0 Å². The molecule has 146 valence electrons. The van der Waals surface area contributed by atoms with Crippen LogP contribution in [-0.2, 0) is 0 Å². The largest absolute Gasteiger partial charge is 0.303 e. The minimum Gasteiger partial charge on any atom is -0.303 e. The number of rotatable bonds is 4. The standard InChI is InChI=1S/C24H45N/c1-25(2)24(21-15-9-3-4-10-16-21,22-17-11-5-6-12-18-22)23-19-13-7-8-14-20-23/h21-23H,3-20H2,1-2H3. The molecule has 0 aromatic rings. The Morgan fingerprint density at radius 2 is 0.680 bits per heavy atom. The Morgan fingerprint density at radius 1 is 0.440 bits per heavy atom. The second-order valence-corrected chi connectivity index (χ2v) is 9.85. The highest BCUT2D eigenvalue weighted by Gasteiger charge is 2.51. The van der Waals surface area contributed by atoms with Crippen molar-refractivity contribution in [3.8, 4) is 0 Å². The molecule has 3 aliphatic rings. The normalized spacial score (nSPS) is 27.0. The summed E-state index contributed by atoms with van der Waals surface area (Å²) < 4.78 is 0. The molecule has 0 radical (unpaired) electrons. The van der Waals surface area contributed by atoms with Crippen LogP contribution in [-0.4, -0.2) is 24.5 Å². The summed E-state index contributed by atoms with van der Waals surface area (Å²) in [6.07, 6.45) is 27.1. The van der Waals surface area contributed by atoms with Gasteiger partial charge >= 0.3 is 0 Å². The van der Waals surface area contributed by atoms with Gasteiger partial charge in [-0.3, -0.25) is 0 Å². The summed E-state index contributed by atoms with van der Waals surface area (Å²) in [5, 5.41) is 0. The van der Waals surface area contributed by atoms with Gasteiger partial charge < -0.3 is 4.90 Å². The van der Waals surface area contributed by atoms with Gasteiger partial charge in [0.25, 0.3) is 0 Å². The van der Waals surface area contributed by atoms with Gasteiger partial charge in [-0.1, -0.05) is 77.0 Å². The van der Waals surface area contributed by atoms with E-state index in [2.05, 4.69) is 19.0 Å². The molecule has 0 aromatic carbocycles. The van der Waals surface area contributed by atoms with E-state index in [1.165, 1.54) is 116 Å². The quantitative estimate of drug-likeness (QED) is 0.486. The van der Waals surface area contributed by atoms with Crippen molar-refractivity contribution in [3.63, 3.8) is 0 Å². The highest BCUT2D eigenvalue weighted by molar-refractivity contribution is 5.05. The summed E-state index contributed by atoms with van der Waals surface area (Å²) in [5.41, 5.74) is 0.513. The van der Waals surface area contributed by atoms with Gasteiger partial charge in [-0.05, 0) is 70.4 Å². The molecule has 0 amide bonds. The molecule has 3 aliphatic carbocycles. The molecule has 25 heavy (non-hydrogen) atoms. The molecule has 0 N–H and O–H groups in total. The molecule has 1 heteroatoms. The fraction of sp³-hybridized carbons (Fsp3) is 1.00. The van der Waals surface area contributed by atoms with Crippen molar-refractivity contribution >= 4 is 0 Å². The minimum absolute atomic E-state index is 0.513. The van der Waals surface area contributed by atoms with Gasteiger partial charge in [0.15, 0.2) is 0 Å². The zero-order valence-electron chi connectivity index (χ0n) is 17.4. The van der Waals surface area contributed by atoms with Crippen molar-refractivity contribution in [2.24, 2.45) is 17.8 Å². The first-order valence-corrected chi connectivity index (χ1v) is 11.9. The lowest BCUT2D eigenvalue weighted by Crippen LogP contribution is -2.60. The summed E-state index contributed by atoms with van der Waals surface area (Å²) in [6.45, 7) is 0. The second-order valence-electron chi connectivity index (χ2n) is 9.85. The molecule has 0 aliphatic heterocycles. The maximum Gasteiger partial charge on any atom is 0.0287 e. The number of nitrogens with zero attached hydrogens (tertiary/aromatic N) is 1. The van der Waals surface area contributed by atoms with Crippen LogP contribution in [0.1, 0.15) is 116 Å². The van der Waals surface area contributed by atoms with Gasteiger partial charge in [0.1, 0.15) is 0 Å². The van der Waals surface area contributed by atoms with Crippen LogP contribution in [0.25, 0.3) is 0 Å². The molecule has 0 heterocycles. The Hall–Kier alpha value is -0.0400. The lowest BCUT2D eigenvalue weighted by Gasteiger charge is -2.56. The van der Waals surface area contributed by atoms with Crippen molar-refractivity contribution in [1.29, 1.82) is 0 Å². The maximum atomic E-state index is 2.80. The smallest absolute Gasteiger partial charge is 0.0287 e. The van der Waals surface area contributed by atoms with Crippen molar-refractivity contribution < 1.29 is 0 Å². The van der Waals surface area contributed by atoms with Crippen LogP contribution in [0.3, 0.4) is 0 Å². The average molecular weight is 348 g/mol. The van der Waals surface area contributed by atoms with E-state index in [0.29, 0.717) is 5.54 Å². The SMILES string of the molecule is CN(C)C(C1CCCCCC1)(C1CCCCCC1)C1CCCCCC1. The van der Waals surface area contributed by atoms with Gasteiger partial charge in [0.05, 0.1) is 0 Å². The Balaban J connectivity index is 1.95. The topological polar surface area (TPSA) is 3.24 Å².